The van der Waals surface area contributed by atoms with E-state index in [1.165, 1.54) is 12.1 Å². The number of hydrogen-bond acceptors (Lipinski definition) is 5. The smallest absolute Gasteiger partial charge is 0.353 e. The van der Waals surface area contributed by atoms with Gasteiger partial charge in [0.25, 0.3) is 5.69 Å². The maximum Gasteiger partial charge on any atom is 0.353 e. The number of halogens is 1. The summed E-state index contributed by atoms with van der Waals surface area (Å²) in [6.45, 7) is 8.84. The molecule has 0 saturated heterocycles. The number of hydrogen-bond donors (Lipinski definition) is 0. The van der Waals surface area contributed by atoms with Crippen molar-refractivity contribution in [3.8, 4) is 0 Å². The van der Waals surface area contributed by atoms with Crippen LogP contribution in [0.25, 0.3) is 0 Å². The molecule has 0 aromatic heterocycles. The first-order valence-electron chi connectivity index (χ1n) is 6.37. The minimum absolute atomic E-state index is 0.111. The van der Waals surface area contributed by atoms with Crippen molar-refractivity contribution in [3.05, 3.63) is 51.6 Å². The topological polar surface area (TPSA) is 86.5 Å². The number of nitro benzene ring substituents is 1. The molecule has 6 nitrogen and oxygen atoms in total. The Labute approximate surface area is 136 Å². The summed E-state index contributed by atoms with van der Waals surface area (Å²) in [5.74, 6) is -1.95. The van der Waals surface area contributed by atoms with Gasteiger partial charge in [0.05, 0.1) is 4.92 Å². The van der Waals surface area contributed by atoms with Gasteiger partial charge in [-0.25, -0.2) is 9.59 Å². The molecule has 0 spiro atoms. The summed E-state index contributed by atoms with van der Waals surface area (Å²) in [4.78, 5) is 34.5. The molecule has 0 aliphatic heterocycles. The summed E-state index contributed by atoms with van der Waals surface area (Å²) in [6.07, 6.45) is 0. The Morgan fingerprint density at radius 2 is 1.95 bits per heavy atom. The van der Waals surface area contributed by atoms with E-state index in [4.69, 9.17) is 4.74 Å². The second-order valence-corrected chi connectivity index (χ2v) is 6.17. The predicted molar refractivity (Wildman–Crippen MR) is 84.7 cm³/mol. The zero-order valence-corrected chi connectivity index (χ0v) is 14.1. The van der Waals surface area contributed by atoms with Gasteiger partial charge in [0.2, 0.25) is 0 Å². The molecule has 1 aromatic carbocycles. The minimum atomic E-state index is -1.06. The molecule has 118 valence electrons. The maximum absolute atomic E-state index is 12.2. The van der Waals surface area contributed by atoms with Crippen LogP contribution in [-0.4, -0.2) is 16.9 Å². The van der Waals surface area contributed by atoms with Crippen LogP contribution in [0, 0.1) is 15.5 Å². The van der Waals surface area contributed by atoms with Crippen LogP contribution in [0.2, 0.25) is 0 Å². The lowest BCUT2D eigenvalue weighted by Gasteiger charge is -2.19. The first-order chi connectivity index (χ1) is 10.1. The monoisotopic (exact) mass is 369 g/mol. The number of benzene rings is 1. The van der Waals surface area contributed by atoms with Gasteiger partial charge < -0.3 is 4.74 Å². The van der Waals surface area contributed by atoms with Crippen LogP contribution in [0.15, 0.2) is 30.4 Å². The zero-order chi connectivity index (χ0) is 17.1. The van der Waals surface area contributed by atoms with Gasteiger partial charge in [0.15, 0.2) is 0 Å². The summed E-state index contributed by atoms with van der Waals surface area (Å²) in [6, 6.07) is 4.19. The van der Waals surface area contributed by atoms with Gasteiger partial charge >= 0.3 is 11.9 Å². The first-order valence-corrected chi connectivity index (χ1v) is 7.50. The van der Waals surface area contributed by atoms with Crippen molar-refractivity contribution in [1.82, 2.24) is 0 Å². The highest BCUT2D eigenvalue weighted by Gasteiger charge is 2.30. The normalized spacial score (nSPS) is 10.9. The van der Waals surface area contributed by atoms with E-state index in [0.29, 0.717) is 5.56 Å². The summed E-state index contributed by atoms with van der Waals surface area (Å²) in [5, 5.41) is 11.3. The molecule has 0 saturated carbocycles. The van der Waals surface area contributed by atoms with Crippen molar-refractivity contribution in [2.24, 2.45) is 5.41 Å². The average molecular weight is 370 g/mol. The van der Waals surface area contributed by atoms with E-state index in [-0.39, 0.29) is 16.5 Å². The lowest BCUT2D eigenvalue weighted by molar-refractivity contribution is -0.385. The third kappa shape index (κ3) is 4.00. The van der Waals surface area contributed by atoms with E-state index < -0.39 is 28.0 Å². The molecule has 0 aliphatic rings. The predicted octanol–water partition coefficient (Wildman–Crippen LogP) is 3.78. The van der Waals surface area contributed by atoms with Gasteiger partial charge in [-0.3, -0.25) is 10.1 Å². The number of carbonyl (C=O) groups is 2. The van der Waals surface area contributed by atoms with Gasteiger partial charge in [-0.05, 0) is 11.0 Å². The van der Waals surface area contributed by atoms with Crippen LogP contribution in [-0.2, 0) is 14.9 Å². The second-order valence-electron chi connectivity index (χ2n) is 5.61. The van der Waals surface area contributed by atoms with E-state index in [0.717, 1.165) is 0 Å². The number of rotatable bonds is 4. The molecule has 0 radical (unpaired) electrons. The molecule has 22 heavy (non-hydrogen) atoms. The third-order valence-electron chi connectivity index (χ3n) is 3.01. The highest BCUT2D eigenvalue weighted by Crippen LogP contribution is 2.28. The van der Waals surface area contributed by atoms with Crippen LogP contribution in [0.3, 0.4) is 0 Å². The second kappa shape index (κ2) is 6.83. The number of ether oxygens (including phenoxy) is 1. The number of alkyl halides is 1. The van der Waals surface area contributed by atoms with Gasteiger partial charge in [0.1, 0.15) is 5.56 Å². The molecule has 0 heterocycles. The van der Waals surface area contributed by atoms with E-state index in [2.05, 4.69) is 22.5 Å². The molecule has 0 fully saturated rings. The highest BCUT2D eigenvalue weighted by molar-refractivity contribution is 9.08. The largest absolute Gasteiger partial charge is 0.386 e. The molecular formula is C15H16BrNO5. The number of carbonyl (C=O) groups excluding carboxylic acids is 2. The Hall–Kier alpha value is -2.02. The van der Waals surface area contributed by atoms with Crippen molar-refractivity contribution >= 4 is 33.6 Å². The molecule has 1 aromatic rings. The lowest BCUT2D eigenvalue weighted by atomic mass is 9.88. The lowest BCUT2D eigenvalue weighted by Crippen LogP contribution is -2.23. The Balaban J connectivity index is 3.16. The molecule has 0 aliphatic carbocycles. The molecule has 1 rings (SSSR count). The molecular weight excluding hydrogens is 354 g/mol. The standard InChI is InChI=1S/C15H16BrNO5/c1-9(15(2,3)4)13(18)22-14(19)12-10(8-16)6-5-7-11(12)17(20)21/h5-7H,1,8H2,2-4H3. The van der Waals surface area contributed by atoms with Crippen LogP contribution in [0.4, 0.5) is 5.69 Å². The summed E-state index contributed by atoms with van der Waals surface area (Å²) in [7, 11) is 0. The Morgan fingerprint density at radius 1 is 1.36 bits per heavy atom. The van der Waals surface area contributed by atoms with Crippen molar-refractivity contribution < 1.29 is 19.2 Å². The molecule has 0 bridgehead atoms. The zero-order valence-electron chi connectivity index (χ0n) is 12.5. The number of esters is 2. The summed E-state index contributed by atoms with van der Waals surface area (Å²) < 4.78 is 4.76. The number of nitrogens with zero attached hydrogens (tertiary/aromatic N) is 1. The quantitative estimate of drug-likeness (QED) is 0.201. The van der Waals surface area contributed by atoms with Crippen LogP contribution in [0.5, 0.6) is 0 Å². The van der Waals surface area contributed by atoms with Crippen molar-refractivity contribution in [2.75, 3.05) is 0 Å². The van der Waals surface area contributed by atoms with Gasteiger partial charge in [-0.1, -0.05) is 55.4 Å². The fraction of sp³-hybridized carbons (Fsp3) is 0.333. The van der Waals surface area contributed by atoms with E-state index in [1.54, 1.807) is 26.8 Å². The van der Waals surface area contributed by atoms with Crippen LogP contribution >= 0.6 is 15.9 Å². The highest BCUT2D eigenvalue weighted by atomic mass is 79.9. The van der Waals surface area contributed by atoms with Crippen molar-refractivity contribution in [3.63, 3.8) is 0 Å². The van der Waals surface area contributed by atoms with Gasteiger partial charge in [-0.2, -0.15) is 0 Å². The molecule has 0 unspecified atom stereocenters. The Morgan fingerprint density at radius 3 is 2.41 bits per heavy atom. The average Bonchev–Trinajstić information content (AvgIpc) is 2.44. The fourth-order valence-electron chi connectivity index (χ4n) is 1.59. The molecule has 0 amide bonds. The van der Waals surface area contributed by atoms with Crippen molar-refractivity contribution in [2.45, 2.75) is 26.1 Å². The molecule has 0 N–H and O–H groups in total. The summed E-state index contributed by atoms with van der Waals surface area (Å²) in [5.41, 5.74) is -0.734. The fourth-order valence-corrected chi connectivity index (χ4v) is 2.06. The van der Waals surface area contributed by atoms with E-state index >= 15 is 0 Å². The van der Waals surface area contributed by atoms with Gasteiger partial charge in [-0.15, -0.1) is 0 Å². The Bertz CT molecular complexity index is 646. The Kier molecular flexibility index (Phi) is 5.59. The molecule has 0 atom stereocenters. The van der Waals surface area contributed by atoms with Crippen molar-refractivity contribution in [1.29, 1.82) is 0 Å². The van der Waals surface area contributed by atoms with E-state index in [9.17, 15) is 19.7 Å². The minimum Gasteiger partial charge on any atom is -0.386 e. The maximum atomic E-state index is 12.2. The van der Waals surface area contributed by atoms with E-state index in [1.807, 2.05) is 0 Å². The van der Waals surface area contributed by atoms with Crippen LogP contribution < -0.4 is 0 Å². The SMILES string of the molecule is C=C(C(=O)OC(=O)c1c(CBr)cccc1[N+](=O)[O-])C(C)(C)C. The number of nitro groups is 1. The summed E-state index contributed by atoms with van der Waals surface area (Å²) >= 11 is 3.15. The van der Waals surface area contributed by atoms with Gasteiger partial charge in [0, 0.05) is 17.0 Å². The first kappa shape index (κ1) is 18.0. The molecule has 7 heteroatoms. The van der Waals surface area contributed by atoms with Crippen LogP contribution in [0.1, 0.15) is 36.7 Å². The third-order valence-corrected chi connectivity index (χ3v) is 3.61.